The average molecular weight is 239 g/mol. The van der Waals surface area contributed by atoms with Crippen LogP contribution in [-0.4, -0.2) is 42.9 Å². The van der Waals surface area contributed by atoms with Crippen molar-refractivity contribution in [2.75, 3.05) is 26.2 Å². The maximum absolute atomic E-state index is 12.3. The number of nitrogens with two attached hydrogens (primary N) is 1. The third kappa shape index (κ3) is 2.97. The molecule has 2 fully saturated rings. The number of hydrogen-bond acceptors (Lipinski definition) is 3. The van der Waals surface area contributed by atoms with Crippen LogP contribution in [0, 0.1) is 11.8 Å². The second kappa shape index (κ2) is 5.49. The highest BCUT2D eigenvalue weighted by Gasteiger charge is 2.31. The van der Waals surface area contributed by atoms with E-state index in [9.17, 15) is 9.59 Å². The minimum atomic E-state index is -0.274. The molecule has 0 aromatic carbocycles. The Hall–Kier alpha value is -1.10. The molecule has 5 nitrogen and oxygen atoms in total. The molecule has 2 aliphatic heterocycles. The smallest absolute Gasteiger partial charge is 0.226 e. The molecule has 0 aromatic heterocycles. The van der Waals surface area contributed by atoms with Gasteiger partial charge in [-0.3, -0.25) is 9.59 Å². The van der Waals surface area contributed by atoms with Crippen molar-refractivity contribution in [2.45, 2.75) is 25.7 Å². The zero-order valence-corrected chi connectivity index (χ0v) is 10.2. The fourth-order valence-electron chi connectivity index (χ4n) is 2.73. The predicted octanol–water partition coefficient (Wildman–Crippen LogP) is -0.290. The van der Waals surface area contributed by atoms with Crippen LogP contribution in [-0.2, 0) is 9.59 Å². The molecule has 0 radical (unpaired) electrons. The van der Waals surface area contributed by atoms with Gasteiger partial charge in [-0.25, -0.2) is 0 Å². The molecule has 0 spiro atoms. The average Bonchev–Trinajstić information content (AvgIpc) is 2.39. The van der Waals surface area contributed by atoms with Crippen molar-refractivity contribution < 1.29 is 9.59 Å². The molecule has 5 heteroatoms. The van der Waals surface area contributed by atoms with Crippen molar-refractivity contribution in [1.29, 1.82) is 0 Å². The molecule has 0 saturated carbocycles. The molecule has 2 amide bonds. The van der Waals surface area contributed by atoms with Gasteiger partial charge in [-0.05, 0) is 32.2 Å². The molecule has 17 heavy (non-hydrogen) atoms. The molecule has 0 bridgehead atoms. The van der Waals surface area contributed by atoms with Crippen LogP contribution in [0.4, 0.5) is 0 Å². The molecule has 2 aliphatic rings. The summed E-state index contributed by atoms with van der Waals surface area (Å²) in [5.74, 6) is -0.132. The Balaban J connectivity index is 1.91. The first kappa shape index (κ1) is 12.4. The number of primary amides is 1. The van der Waals surface area contributed by atoms with Crippen LogP contribution in [0.1, 0.15) is 25.7 Å². The number of nitrogens with one attached hydrogen (secondary N) is 1. The van der Waals surface area contributed by atoms with Crippen LogP contribution in [0.25, 0.3) is 0 Å². The Morgan fingerprint density at radius 2 is 1.94 bits per heavy atom. The quantitative estimate of drug-likeness (QED) is 0.695. The van der Waals surface area contributed by atoms with Crippen molar-refractivity contribution in [1.82, 2.24) is 10.2 Å². The van der Waals surface area contributed by atoms with E-state index in [1.165, 1.54) is 0 Å². The van der Waals surface area contributed by atoms with Crippen molar-refractivity contribution >= 4 is 11.8 Å². The number of carbonyl (C=O) groups excluding carboxylic acids is 2. The largest absolute Gasteiger partial charge is 0.369 e. The van der Waals surface area contributed by atoms with Crippen molar-refractivity contribution in [3.05, 3.63) is 0 Å². The summed E-state index contributed by atoms with van der Waals surface area (Å²) in [5, 5.41) is 3.25. The predicted molar refractivity (Wildman–Crippen MR) is 64.1 cm³/mol. The normalized spacial score (nSPS) is 30.0. The van der Waals surface area contributed by atoms with Gasteiger partial charge >= 0.3 is 0 Å². The first-order chi connectivity index (χ1) is 8.18. The maximum atomic E-state index is 12.3. The summed E-state index contributed by atoms with van der Waals surface area (Å²) >= 11 is 0. The van der Waals surface area contributed by atoms with E-state index in [0.717, 1.165) is 45.3 Å². The number of likely N-dealkylation sites (tertiary alicyclic amines) is 1. The van der Waals surface area contributed by atoms with Crippen LogP contribution < -0.4 is 11.1 Å². The van der Waals surface area contributed by atoms with Crippen LogP contribution in [0.3, 0.4) is 0 Å². The van der Waals surface area contributed by atoms with E-state index in [2.05, 4.69) is 5.32 Å². The Morgan fingerprint density at radius 3 is 2.59 bits per heavy atom. The molecule has 2 atom stereocenters. The number of amides is 2. The number of piperidine rings is 2. The maximum Gasteiger partial charge on any atom is 0.226 e. The first-order valence-corrected chi connectivity index (χ1v) is 6.47. The van der Waals surface area contributed by atoms with Crippen LogP contribution >= 0.6 is 0 Å². The number of carbonyl (C=O) groups is 2. The lowest BCUT2D eigenvalue weighted by atomic mass is 9.93. The van der Waals surface area contributed by atoms with E-state index in [-0.39, 0.29) is 23.7 Å². The number of hydrogen-bond donors (Lipinski definition) is 2. The van der Waals surface area contributed by atoms with Crippen molar-refractivity contribution in [3.63, 3.8) is 0 Å². The van der Waals surface area contributed by atoms with Gasteiger partial charge in [-0.2, -0.15) is 0 Å². The van der Waals surface area contributed by atoms with E-state index < -0.39 is 0 Å². The van der Waals surface area contributed by atoms with Crippen LogP contribution in [0.5, 0.6) is 0 Å². The Kier molecular flexibility index (Phi) is 3.99. The van der Waals surface area contributed by atoms with Gasteiger partial charge in [0.2, 0.25) is 11.8 Å². The lowest BCUT2D eigenvalue weighted by Gasteiger charge is -2.34. The highest BCUT2D eigenvalue weighted by Crippen LogP contribution is 2.20. The molecule has 0 aliphatic carbocycles. The van der Waals surface area contributed by atoms with Gasteiger partial charge in [-0.1, -0.05) is 0 Å². The summed E-state index contributed by atoms with van der Waals surface area (Å²) in [5.41, 5.74) is 5.32. The van der Waals surface area contributed by atoms with Gasteiger partial charge in [-0.15, -0.1) is 0 Å². The molecule has 2 rings (SSSR count). The molecule has 3 N–H and O–H groups in total. The molecule has 96 valence electrons. The molecule has 0 aromatic rings. The van der Waals surface area contributed by atoms with Gasteiger partial charge in [0, 0.05) is 19.6 Å². The Labute approximate surface area is 102 Å². The summed E-state index contributed by atoms with van der Waals surface area (Å²) in [4.78, 5) is 25.3. The molecular weight excluding hydrogens is 218 g/mol. The Morgan fingerprint density at radius 1 is 1.18 bits per heavy atom. The van der Waals surface area contributed by atoms with Crippen LogP contribution in [0.15, 0.2) is 0 Å². The highest BCUT2D eigenvalue weighted by molar-refractivity contribution is 5.81. The zero-order valence-electron chi connectivity index (χ0n) is 10.2. The summed E-state index contributed by atoms with van der Waals surface area (Å²) in [6.45, 7) is 3.08. The summed E-state index contributed by atoms with van der Waals surface area (Å²) in [7, 11) is 0. The SMILES string of the molecule is NC(=O)C1CCCN(C(=O)C2CCCNC2)C1. The second-order valence-electron chi connectivity index (χ2n) is 5.07. The van der Waals surface area contributed by atoms with E-state index in [0.29, 0.717) is 6.54 Å². The summed E-state index contributed by atoms with van der Waals surface area (Å²) in [6.07, 6.45) is 3.73. The van der Waals surface area contributed by atoms with Gasteiger partial charge in [0.05, 0.1) is 11.8 Å². The molecular formula is C12H21N3O2. The van der Waals surface area contributed by atoms with Gasteiger partial charge in [0.15, 0.2) is 0 Å². The van der Waals surface area contributed by atoms with Crippen molar-refractivity contribution in [2.24, 2.45) is 17.6 Å². The minimum Gasteiger partial charge on any atom is -0.369 e. The lowest BCUT2D eigenvalue weighted by Crippen LogP contribution is -2.48. The zero-order chi connectivity index (χ0) is 12.3. The summed E-state index contributed by atoms with van der Waals surface area (Å²) < 4.78 is 0. The standard InChI is InChI=1S/C12H21N3O2/c13-11(16)10-4-2-6-15(8-10)12(17)9-3-1-5-14-7-9/h9-10,14H,1-8H2,(H2,13,16). The Bertz CT molecular complexity index is 300. The minimum absolute atomic E-state index is 0.0929. The molecule has 2 unspecified atom stereocenters. The lowest BCUT2D eigenvalue weighted by molar-refractivity contribution is -0.139. The third-order valence-electron chi connectivity index (χ3n) is 3.78. The highest BCUT2D eigenvalue weighted by atomic mass is 16.2. The second-order valence-corrected chi connectivity index (χ2v) is 5.07. The van der Waals surface area contributed by atoms with E-state index in [4.69, 9.17) is 5.73 Å². The van der Waals surface area contributed by atoms with Gasteiger partial charge in [0.1, 0.15) is 0 Å². The monoisotopic (exact) mass is 239 g/mol. The van der Waals surface area contributed by atoms with E-state index in [1.807, 2.05) is 4.90 Å². The fraction of sp³-hybridized carbons (Fsp3) is 0.833. The van der Waals surface area contributed by atoms with Gasteiger partial charge < -0.3 is 16.0 Å². The van der Waals surface area contributed by atoms with E-state index in [1.54, 1.807) is 0 Å². The van der Waals surface area contributed by atoms with Crippen LogP contribution in [0.2, 0.25) is 0 Å². The molecule has 2 heterocycles. The number of rotatable bonds is 2. The van der Waals surface area contributed by atoms with Crippen molar-refractivity contribution in [3.8, 4) is 0 Å². The van der Waals surface area contributed by atoms with Gasteiger partial charge in [0.25, 0.3) is 0 Å². The summed E-state index contributed by atoms with van der Waals surface area (Å²) in [6, 6.07) is 0. The van der Waals surface area contributed by atoms with E-state index >= 15 is 0 Å². The number of nitrogens with zero attached hydrogens (tertiary/aromatic N) is 1. The fourth-order valence-corrected chi connectivity index (χ4v) is 2.73. The third-order valence-corrected chi connectivity index (χ3v) is 3.78. The topological polar surface area (TPSA) is 75.4 Å². The first-order valence-electron chi connectivity index (χ1n) is 6.47. The molecule has 2 saturated heterocycles.